The average Bonchev–Trinajstić information content (AvgIpc) is 3.30. The molecule has 0 fully saturated rings. The number of ether oxygens (including phenoxy) is 9. The highest BCUT2D eigenvalue weighted by atomic mass is 16.6. The third kappa shape index (κ3) is 22.5. The summed E-state index contributed by atoms with van der Waals surface area (Å²) in [7, 11) is 0. The van der Waals surface area contributed by atoms with Gasteiger partial charge in [-0.2, -0.15) is 0 Å². The third-order valence-corrected chi connectivity index (χ3v) is 11.4. The molecule has 0 saturated carbocycles. The molecule has 21 nitrogen and oxygen atoms in total. The Balaban J connectivity index is 6.52. The van der Waals surface area contributed by atoms with E-state index in [9.17, 15) is 59.4 Å². The Kier molecular flexibility index (Phi) is 27.9. The predicted octanol–water partition coefficient (Wildman–Crippen LogP) is 2.22. The molecule has 6 N–H and O–H groups in total. The van der Waals surface area contributed by atoms with Gasteiger partial charge in [0, 0.05) is 36.5 Å². The molecule has 0 radical (unpaired) electrons. The normalized spacial score (nSPS) is 16.3. The summed E-state index contributed by atoms with van der Waals surface area (Å²) in [6.07, 6.45) is -6.59. The molecule has 0 aromatic heterocycles. The van der Waals surface area contributed by atoms with Gasteiger partial charge in [0.05, 0.1) is 83.1 Å². The molecule has 0 aliphatic rings. The molecule has 0 amide bonds. The van der Waals surface area contributed by atoms with Crippen LogP contribution in [-0.4, -0.2) is 178 Å². The average molecular weight is 1020 g/mol. The van der Waals surface area contributed by atoms with Crippen molar-refractivity contribution in [2.24, 2.45) is 10.8 Å². The van der Waals surface area contributed by atoms with Crippen molar-refractivity contribution in [2.75, 3.05) is 52.9 Å². The smallest absolute Gasteiger partial charge is 0.330 e. The summed E-state index contributed by atoms with van der Waals surface area (Å²) in [4.78, 5) is 72.1. The first-order chi connectivity index (χ1) is 32.8. The number of esters is 6. The van der Waals surface area contributed by atoms with Gasteiger partial charge in [-0.05, 0) is 81.1 Å². The molecule has 6 unspecified atom stereocenters. The van der Waals surface area contributed by atoms with Gasteiger partial charge in [0.15, 0.2) is 0 Å². The highest BCUT2D eigenvalue weighted by Crippen LogP contribution is 2.44. The second-order valence-electron chi connectivity index (χ2n) is 19.0. The number of hydrogen-bond acceptors (Lipinski definition) is 21. The minimum Gasteiger partial charge on any atom is -0.460 e. The summed E-state index contributed by atoms with van der Waals surface area (Å²) in [6, 6.07) is 0. The SMILES string of the molecule is C=CC(=O)OCC(O)C(CC(C)(C)OCCC(C)(C)OC(C)(C)CCOC(C)(C)CC(C(O)COC(=O)C=C)(C(O)COC(=O)C=C)C(O)COC(=O)C=C)(C(O)COC(=O)C=C)C(O)COC(=O)C=C. The maximum absolute atomic E-state index is 12.0. The van der Waals surface area contributed by atoms with Gasteiger partial charge < -0.3 is 73.3 Å². The van der Waals surface area contributed by atoms with E-state index in [4.69, 9.17) is 42.6 Å². The van der Waals surface area contributed by atoms with E-state index in [0.29, 0.717) is 0 Å². The van der Waals surface area contributed by atoms with Crippen LogP contribution in [0.2, 0.25) is 0 Å². The molecular weight excluding hydrogens is 937 g/mol. The van der Waals surface area contributed by atoms with Crippen molar-refractivity contribution in [3.05, 3.63) is 75.9 Å². The van der Waals surface area contributed by atoms with E-state index in [1.165, 1.54) is 0 Å². The van der Waals surface area contributed by atoms with Crippen LogP contribution in [0.3, 0.4) is 0 Å². The zero-order valence-electron chi connectivity index (χ0n) is 42.5. The van der Waals surface area contributed by atoms with Crippen molar-refractivity contribution in [1.29, 1.82) is 0 Å². The second-order valence-corrected chi connectivity index (χ2v) is 19.0. The Hall–Kier alpha value is -5.10. The summed E-state index contributed by atoms with van der Waals surface area (Å²) in [5.41, 5.74) is -8.80. The first-order valence-electron chi connectivity index (χ1n) is 22.6. The fraction of sp³-hybridized carbons (Fsp3) is 0.640. The Morgan fingerprint density at radius 2 is 0.549 bits per heavy atom. The molecule has 21 heteroatoms. The van der Waals surface area contributed by atoms with Gasteiger partial charge in [-0.25, -0.2) is 28.8 Å². The summed E-state index contributed by atoms with van der Waals surface area (Å²) < 4.78 is 49.5. The first kappa shape index (κ1) is 65.9. The van der Waals surface area contributed by atoms with E-state index in [2.05, 4.69) is 39.5 Å². The maximum atomic E-state index is 12.0. The third-order valence-electron chi connectivity index (χ3n) is 11.4. The van der Waals surface area contributed by atoms with Crippen LogP contribution in [-0.2, 0) is 71.4 Å². The van der Waals surface area contributed by atoms with E-state index < -0.39 is 158 Å². The van der Waals surface area contributed by atoms with Gasteiger partial charge in [0.2, 0.25) is 0 Å². The largest absolute Gasteiger partial charge is 0.460 e. The molecule has 71 heavy (non-hydrogen) atoms. The second kappa shape index (κ2) is 30.1. The minimum absolute atomic E-state index is 0.0122. The number of carbonyl (C=O) groups is 6. The Morgan fingerprint density at radius 1 is 0.366 bits per heavy atom. The van der Waals surface area contributed by atoms with Gasteiger partial charge in [-0.3, -0.25) is 0 Å². The number of carbonyl (C=O) groups excluding carboxylic acids is 6. The molecule has 0 heterocycles. The molecule has 0 aromatic carbocycles. The summed E-state index contributed by atoms with van der Waals surface area (Å²) in [5, 5.41) is 69.6. The minimum atomic E-state index is -2.15. The van der Waals surface area contributed by atoms with E-state index >= 15 is 0 Å². The van der Waals surface area contributed by atoms with Crippen molar-refractivity contribution < 1.29 is 102 Å². The highest BCUT2D eigenvalue weighted by Gasteiger charge is 2.56. The molecule has 0 aliphatic heterocycles. The van der Waals surface area contributed by atoms with Gasteiger partial charge >= 0.3 is 35.8 Å². The van der Waals surface area contributed by atoms with Gasteiger partial charge in [-0.15, -0.1) is 0 Å². The molecule has 0 spiro atoms. The lowest BCUT2D eigenvalue weighted by molar-refractivity contribution is -0.213. The highest BCUT2D eigenvalue weighted by molar-refractivity contribution is 5.83. The lowest BCUT2D eigenvalue weighted by atomic mass is 9.66. The summed E-state index contributed by atoms with van der Waals surface area (Å²) in [6.45, 7) is 28.7. The van der Waals surface area contributed by atoms with Gasteiger partial charge in [0.25, 0.3) is 0 Å². The molecular formula is C50H78O21. The van der Waals surface area contributed by atoms with Crippen molar-refractivity contribution >= 4 is 35.8 Å². The molecule has 0 rings (SSSR count). The van der Waals surface area contributed by atoms with Crippen LogP contribution in [0.1, 0.15) is 81.1 Å². The van der Waals surface area contributed by atoms with Crippen LogP contribution >= 0.6 is 0 Å². The van der Waals surface area contributed by atoms with Gasteiger partial charge in [0.1, 0.15) is 39.6 Å². The van der Waals surface area contributed by atoms with Crippen molar-refractivity contribution in [3.8, 4) is 0 Å². The van der Waals surface area contributed by atoms with Crippen molar-refractivity contribution in [2.45, 2.75) is 140 Å². The van der Waals surface area contributed by atoms with Crippen LogP contribution < -0.4 is 0 Å². The predicted molar refractivity (Wildman–Crippen MR) is 256 cm³/mol. The van der Waals surface area contributed by atoms with Gasteiger partial charge in [-0.1, -0.05) is 39.5 Å². The molecule has 0 aromatic rings. The lowest BCUT2D eigenvalue weighted by Gasteiger charge is -2.48. The Bertz CT molecular complexity index is 1540. The van der Waals surface area contributed by atoms with E-state index in [1.807, 2.05) is 0 Å². The topological polar surface area (TPSA) is 307 Å². The summed E-state index contributed by atoms with van der Waals surface area (Å²) in [5.74, 6) is -5.60. The maximum Gasteiger partial charge on any atom is 0.330 e. The fourth-order valence-corrected chi connectivity index (χ4v) is 7.86. The standard InChI is InChI=1S/C50H78O21/c1-15-39(57)63-25-33(51)49(34(52)26-64-40(58)16-2,35(53)27-65-41(59)17-3)31-47(11,12)69-23-21-45(7,8)71-46(9,10)22-24-70-48(13,14)32-50(36(54)28-66-42(60)18-4,37(55)29-67-43(61)19-5)38(56)30-68-44(62)20-6/h15-20,33-38,51-56H,1-6,21-32H2,7-14H3. The monoisotopic (exact) mass is 1010 g/mol. The van der Waals surface area contributed by atoms with Crippen LogP contribution in [0.25, 0.3) is 0 Å². The van der Waals surface area contributed by atoms with Crippen LogP contribution in [0.15, 0.2) is 75.9 Å². The fourth-order valence-electron chi connectivity index (χ4n) is 7.86. The number of aliphatic hydroxyl groups is 6. The van der Waals surface area contributed by atoms with Crippen LogP contribution in [0.4, 0.5) is 0 Å². The summed E-state index contributed by atoms with van der Waals surface area (Å²) >= 11 is 0. The van der Waals surface area contributed by atoms with E-state index in [-0.39, 0.29) is 26.1 Å². The zero-order chi connectivity index (χ0) is 55.0. The lowest BCUT2D eigenvalue weighted by Crippen LogP contribution is -2.61. The number of rotatable bonds is 38. The zero-order valence-corrected chi connectivity index (χ0v) is 42.5. The molecule has 6 atom stereocenters. The van der Waals surface area contributed by atoms with E-state index in [0.717, 1.165) is 36.5 Å². The van der Waals surface area contributed by atoms with Crippen LogP contribution in [0, 0.1) is 10.8 Å². The Morgan fingerprint density at radius 3 is 0.718 bits per heavy atom. The molecule has 0 saturated heterocycles. The molecule has 0 aliphatic carbocycles. The molecule has 404 valence electrons. The first-order valence-corrected chi connectivity index (χ1v) is 22.6. The van der Waals surface area contributed by atoms with Crippen molar-refractivity contribution in [1.82, 2.24) is 0 Å². The van der Waals surface area contributed by atoms with Crippen molar-refractivity contribution in [3.63, 3.8) is 0 Å². The number of aliphatic hydroxyl groups excluding tert-OH is 6. The van der Waals surface area contributed by atoms with E-state index in [1.54, 1.807) is 55.4 Å². The quantitative estimate of drug-likeness (QED) is 0.0293. The molecule has 0 bridgehead atoms. The Labute approximate surface area is 416 Å². The van der Waals surface area contributed by atoms with Crippen LogP contribution in [0.5, 0.6) is 0 Å². The number of hydrogen-bond donors (Lipinski definition) is 6.